The van der Waals surface area contributed by atoms with Crippen molar-refractivity contribution in [2.24, 2.45) is 0 Å². The van der Waals surface area contributed by atoms with Crippen LogP contribution in [0.4, 0.5) is 4.79 Å². The third-order valence-electron chi connectivity index (χ3n) is 3.61. The maximum Gasteiger partial charge on any atom is 0.315 e. The van der Waals surface area contributed by atoms with Crippen molar-refractivity contribution in [3.05, 3.63) is 83.9 Å². The second kappa shape index (κ2) is 7.92. The maximum absolute atomic E-state index is 12.0. The standard InChI is InChI=1S/C18H19N5O/c24-18(21-13-17-8-3-4-9-19-17)20-12-15-6-1-2-7-16(15)14-23-11-5-10-22-23/h1-11H,12-14H2,(H2,20,21,24). The zero-order valence-corrected chi connectivity index (χ0v) is 13.2. The minimum absolute atomic E-state index is 0.213. The van der Waals surface area contributed by atoms with E-state index in [0.717, 1.165) is 16.8 Å². The summed E-state index contributed by atoms with van der Waals surface area (Å²) in [6, 6.07) is 15.3. The average Bonchev–Trinajstić information content (AvgIpc) is 3.13. The molecule has 2 aromatic heterocycles. The normalized spacial score (nSPS) is 10.3. The molecular formula is C18H19N5O. The van der Waals surface area contributed by atoms with Crippen LogP contribution in [0.3, 0.4) is 0 Å². The van der Waals surface area contributed by atoms with E-state index in [-0.39, 0.29) is 6.03 Å². The van der Waals surface area contributed by atoms with Gasteiger partial charge in [-0.05, 0) is 29.3 Å². The Hall–Kier alpha value is -3.15. The Morgan fingerprint density at radius 2 is 1.71 bits per heavy atom. The molecule has 0 bridgehead atoms. The molecule has 0 aliphatic rings. The Balaban J connectivity index is 1.53. The Labute approximate surface area is 140 Å². The Morgan fingerprint density at radius 3 is 2.46 bits per heavy atom. The van der Waals surface area contributed by atoms with E-state index in [2.05, 4.69) is 20.7 Å². The number of carbonyl (C=O) groups excluding carboxylic acids is 1. The van der Waals surface area contributed by atoms with Gasteiger partial charge in [-0.15, -0.1) is 0 Å². The van der Waals surface area contributed by atoms with Crippen molar-refractivity contribution in [2.45, 2.75) is 19.6 Å². The fourth-order valence-corrected chi connectivity index (χ4v) is 2.36. The first-order valence-corrected chi connectivity index (χ1v) is 7.77. The van der Waals surface area contributed by atoms with Crippen molar-refractivity contribution in [1.29, 1.82) is 0 Å². The largest absolute Gasteiger partial charge is 0.334 e. The van der Waals surface area contributed by atoms with Crippen LogP contribution >= 0.6 is 0 Å². The van der Waals surface area contributed by atoms with E-state index in [1.807, 2.05) is 59.4 Å². The highest BCUT2D eigenvalue weighted by molar-refractivity contribution is 5.73. The summed E-state index contributed by atoms with van der Waals surface area (Å²) in [5.41, 5.74) is 3.03. The van der Waals surface area contributed by atoms with Crippen LogP contribution in [0, 0.1) is 0 Å². The second-order valence-corrected chi connectivity index (χ2v) is 5.33. The van der Waals surface area contributed by atoms with Gasteiger partial charge in [-0.1, -0.05) is 30.3 Å². The Kier molecular flexibility index (Phi) is 5.19. The highest BCUT2D eigenvalue weighted by Gasteiger charge is 2.05. The molecule has 2 N–H and O–H groups in total. The van der Waals surface area contributed by atoms with E-state index >= 15 is 0 Å². The fraction of sp³-hybridized carbons (Fsp3) is 0.167. The van der Waals surface area contributed by atoms with Gasteiger partial charge in [-0.25, -0.2) is 4.79 Å². The predicted molar refractivity (Wildman–Crippen MR) is 91.1 cm³/mol. The molecule has 0 atom stereocenters. The van der Waals surface area contributed by atoms with Gasteiger partial charge in [0.05, 0.1) is 18.8 Å². The third-order valence-corrected chi connectivity index (χ3v) is 3.61. The van der Waals surface area contributed by atoms with Crippen molar-refractivity contribution < 1.29 is 4.79 Å². The molecule has 0 spiro atoms. The molecule has 0 saturated heterocycles. The second-order valence-electron chi connectivity index (χ2n) is 5.33. The summed E-state index contributed by atoms with van der Waals surface area (Å²) in [4.78, 5) is 16.1. The number of nitrogens with zero attached hydrogens (tertiary/aromatic N) is 3. The van der Waals surface area contributed by atoms with Gasteiger partial charge in [0.15, 0.2) is 0 Å². The molecule has 122 valence electrons. The Bertz CT molecular complexity index is 771. The van der Waals surface area contributed by atoms with Crippen LogP contribution in [0.25, 0.3) is 0 Å². The lowest BCUT2D eigenvalue weighted by molar-refractivity contribution is 0.240. The van der Waals surface area contributed by atoms with Gasteiger partial charge < -0.3 is 10.6 Å². The molecule has 3 rings (SSSR count). The fourth-order valence-electron chi connectivity index (χ4n) is 2.36. The maximum atomic E-state index is 12.0. The zero-order chi connectivity index (χ0) is 16.6. The number of benzene rings is 1. The van der Waals surface area contributed by atoms with E-state index in [4.69, 9.17) is 0 Å². The minimum Gasteiger partial charge on any atom is -0.334 e. The molecule has 6 nitrogen and oxygen atoms in total. The zero-order valence-electron chi connectivity index (χ0n) is 13.2. The van der Waals surface area contributed by atoms with Crippen LogP contribution in [-0.2, 0) is 19.6 Å². The van der Waals surface area contributed by atoms with Crippen molar-refractivity contribution in [3.8, 4) is 0 Å². The molecule has 6 heteroatoms. The summed E-state index contributed by atoms with van der Waals surface area (Å²) < 4.78 is 1.86. The molecule has 0 saturated carbocycles. The molecule has 0 aliphatic carbocycles. The monoisotopic (exact) mass is 321 g/mol. The predicted octanol–water partition coefficient (Wildman–Crippen LogP) is 2.33. The van der Waals surface area contributed by atoms with Gasteiger partial charge in [-0.2, -0.15) is 5.10 Å². The molecule has 3 aromatic rings. The highest BCUT2D eigenvalue weighted by atomic mass is 16.2. The summed E-state index contributed by atoms with van der Waals surface area (Å²) in [6.07, 6.45) is 5.39. The topological polar surface area (TPSA) is 71.8 Å². The minimum atomic E-state index is -0.213. The number of urea groups is 1. The van der Waals surface area contributed by atoms with Gasteiger partial charge in [0, 0.05) is 25.1 Å². The van der Waals surface area contributed by atoms with Gasteiger partial charge >= 0.3 is 6.03 Å². The van der Waals surface area contributed by atoms with Crippen LogP contribution < -0.4 is 10.6 Å². The van der Waals surface area contributed by atoms with Crippen molar-refractivity contribution in [1.82, 2.24) is 25.4 Å². The summed E-state index contributed by atoms with van der Waals surface area (Å²) in [5.74, 6) is 0. The average molecular weight is 321 g/mol. The van der Waals surface area contributed by atoms with E-state index < -0.39 is 0 Å². The first kappa shape index (κ1) is 15.7. The lowest BCUT2D eigenvalue weighted by atomic mass is 10.1. The van der Waals surface area contributed by atoms with Crippen LogP contribution in [0.15, 0.2) is 67.1 Å². The Morgan fingerprint density at radius 1 is 0.917 bits per heavy atom. The summed E-state index contributed by atoms with van der Waals surface area (Å²) in [6.45, 7) is 1.55. The van der Waals surface area contributed by atoms with E-state index in [0.29, 0.717) is 19.6 Å². The van der Waals surface area contributed by atoms with Gasteiger partial charge in [-0.3, -0.25) is 9.67 Å². The highest BCUT2D eigenvalue weighted by Crippen LogP contribution is 2.10. The van der Waals surface area contributed by atoms with Gasteiger partial charge in [0.25, 0.3) is 0 Å². The number of rotatable bonds is 6. The SMILES string of the molecule is O=C(NCc1ccccn1)NCc1ccccc1Cn1cccn1. The molecule has 0 aliphatic heterocycles. The van der Waals surface area contributed by atoms with Gasteiger partial charge in [0.2, 0.25) is 0 Å². The smallest absolute Gasteiger partial charge is 0.315 e. The van der Waals surface area contributed by atoms with Crippen LogP contribution in [0.2, 0.25) is 0 Å². The molecular weight excluding hydrogens is 302 g/mol. The van der Waals surface area contributed by atoms with Crippen LogP contribution in [0.5, 0.6) is 0 Å². The molecule has 0 fully saturated rings. The number of carbonyl (C=O) groups is 1. The van der Waals surface area contributed by atoms with E-state index in [1.165, 1.54) is 0 Å². The number of hydrogen-bond donors (Lipinski definition) is 2. The van der Waals surface area contributed by atoms with Crippen molar-refractivity contribution >= 4 is 6.03 Å². The molecule has 0 radical (unpaired) electrons. The van der Waals surface area contributed by atoms with Crippen molar-refractivity contribution in [3.63, 3.8) is 0 Å². The number of pyridine rings is 1. The lowest BCUT2D eigenvalue weighted by Gasteiger charge is -2.11. The first-order valence-electron chi connectivity index (χ1n) is 7.77. The van der Waals surface area contributed by atoms with E-state index in [9.17, 15) is 4.79 Å². The van der Waals surface area contributed by atoms with Crippen LogP contribution in [-0.4, -0.2) is 20.8 Å². The van der Waals surface area contributed by atoms with E-state index in [1.54, 1.807) is 12.4 Å². The molecule has 0 unspecified atom stereocenters. The number of aromatic nitrogens is 3. The summed E-state index contributed by atoms with van der Waals surface area (Å²) in [5, 5.41) is 9.91. The number of nitrogens with one attached hydrogen (secondary N) is 2. The lowest BCUT2D eigenvalue weighted by Crippen LogP contribution is -2.35. The van der Waals surface area contributed by atoms with Crippen LogP contribution in [0.1, 0.15) is 16.8 Å². The molecule has 2 amide bonds. The first-order chi connectivity index (χ1) is 11.8. The number of amides is 2. The molecule has 1 aromatic carbocycles. The quantitative estimate of drug-likeness (QED) is 0.732. The van der Waals surface area contributed by atoms with Crippen molar-refractivity contribution in [2.75, 3.05) is 0 Å². The summed E-state index contributed by atoms with van der Waals surface area (Å²) >= 11 is 0. The van der Waals surface area contributed by atoms with Gasteiger partial charge in [0.1, 0.15) is 0 Å². The third kappa shape index (κ3) is 4.42. The molecule has 24 heavy (non-hydrogen) atoms. The molecule has 2 heterocycles. The summed E-state index contributed by atoms with van der Waals surface area (Å²) in [7, 11) is 0. The number of hydrogen-bond acceptors (Lipinski definition) is 3.